The van der Waals surface area contributed by atoms with E-state index in [0.717, 1.165) is 0 Å². The Labute approximate surface area is 184 Å². The number of ether oxygens (including phenoxy) is 3. The van der Waals surface area contributed by atoms with E-state index in [9.17, 15) is 4.79 Å². The van der Waals surface area contributed by atoms with Crippen LogP contribution in [0.5, 0.6) is 17.2 Å². The van der Waals surface area contributed by atoms with Crippen molar-refractivity contribution < 1.29 is 23.5 Å². The molecule has 1 N–H and O–H groups in total. The maximum Gasteiger partial charge on any atom is 0.264 e. The summed E-state index contributed by atoms with van der Waals surface area (Å²) in [4.78, 5) is 16.7. The summed E-state index contributed by atoms with van der Waals surface area (Å²) in [5, 5.41) is 6.79. The van der Waals surface area contributed by atoms with E-state index in [1.165, 1.54) is 0 Å². The van der Waals surface area contributed by atoms with Crippen LogP contribution in [0.4, 0.5) is 5.69 Å². The largest absolute Gasteiger partial charge is 0.497 e. The van der Waals surface area contributed by atoms with Crippen molar-refractivity contribution in [1.82, 2.24) is 10.1 Å². The molecule has 32 heavy (non-hydrogen) atoms. The van der Waals surface area contributed by atoms with Crippen LogP contribution in [0.3, 0.4) is 0 Å². The van der Waals surface area contributed by atoms with E-state index in [4.69, 9.17) is 18.7 Å². The Morgan fingerprint density at radius 1 is 0.906 bits per heavy atom. The van der Waals surface area contributed by atoms with Crippen LogP contribution in [0.15, 0.2) is 83.4 Å². The molecule has 4 aromatic rings. The van der Waals surface area contributed by atoms with E-state index in [-0.39, 0.29) is 19.1 Å². The van der Waals surface area contributed by atoms with Crippen molar-refractivity contribution in [3.05, 3.63) is 84.8 Å². The van der Waals surface area contributed by atoms with Gasteiger partial charge in [-0.15, -0.1) is 0 Å². The molecule has 0 fully saturated rings. The molecule has 1 aromatic heterocycles. The number of aromatic nitrogens is 2. The summed E-state index contributed by atoms with van der Waals surface area (Å²) in [5.41, 5.74) is 1.26. The summed E-state index contributed by atoms with van der Waals surface area (Å²) < 4.78 is 21.8. The fraction of sp³-hybridized carbons (Fsp3) is 0.125. The number of carbonyl (C=O) groups excluding carboxylic acids is 1. The van der Waals surface area contributed by atoms with Gasteiger partial charge in [-0.1, -0.05) is 35.5 Å². The molecule has 8 heteroatoms. The summed E-state index contributed by atoms with van der Waals surface area (Å²) >= 11 is 0. The number of rotatable bonds is 9. The number of nitrogens with zero attached hydrogens (tertiary/aromatic N) is 2. The van der Waals surface area contributed by atoms with Gasteiger partial charge in [0.05, 0.1) is 12.7 Å². The van der Waals surface area contributed by atoms with E-state index in [0.29, 0.717) is 40.2 Å². The molecular formula is C24H21N3O5. The Balaban J connectivity index is 1.37. The zero-order valence-electron chi connectivity index (χ0n) is 17.4. The monoisotopic (exact) mass is 431 g/mol. The molecule has 0 aliphatic heterocycles. The summed E-state index contributed by atoms with van der Waals surface area (Å²) in [5.74, 6) is 2.27. The van der Waals surface area contributed by atoms with Crippen molar-refractivity contribution in [3.8, 4) is 28.6 Å². The van der Waals surface area contributed by atoms with Crippen molar-refractivity contribution >= 4 is 11.6 Å². The number of carbonyl (C=O) groups is 1. The zero-order chi connectivity index (χ0) is 22.2. The topological polar surface area (TPSA) is 95.7 Å². The van der Waals surface area contributed by atoms with Gasteiger partial charge in [0.25, 0.3) is 11.8 Å². The molecule has 1 amide bonds. The van der Waals surface area contributed by atoms with Crippen LogP contribution in [-0.2, 0) is 11.4 Å². The van der Waals surface area contributed by atoms with Crippen LogP contribution < -0.4 is 19.5 Å². The van der Waals surface area contributed by atoms with Crippen molar-refractivity contribution in [1.29, 1.82) is 0 Å². The van der Waals surface area contributed by atoms with E-state index in [1.807, 2.05) is 36.4 Å². The lowest BCUT2D eigenvalue weighted by Crippen LogP contribution is -2.20. The van der Waals surface area contributed by atoms with Crippen LogP contribution in [0.1, 0.15) is 5.89 Å². The van der Waals surface area contributed by atoms with Gasteiger partial charge in [0.1, 0.15) is 17.2 Å². The Kier molecular flexibility index (Phi) is 6.62. The average Bonchev–Trinajstić information content (AvgIpc) is 3.32. The second-order valence-electron chi connectivity index (χ2n) is 6.67. The maximum atomic E-state index is 12.3. The van der Waals surface area contributed by atoms with E-state index >= 15 is 0 Å². The highest BCUT2D eigenvalue weighted by Crippen LogP contribution is 2.28. The van der Waals surface area contributed by atoms with Crippen LogP contribution in [0.25, 0.3) is 11.4 Å². The first kappa shape index (κ1) is 20.9. The van der Waals surface area contributed by atoms with Crippen LogP contribution in [0.2, 0.25) is 0 Å². The third-order valence-electron chi connectivity index (χ3n) is 4.43. The van der Waals surface area contributed by atoms with Gasteiger partial charge in [-0.25, -0.2) is 0 Å². The third-order valence-corrected chi connectivity index (χ3v) is 4.43. The van der Waals surface area contributed by atoms with Crippen molar-refractivity contribution in [2.45, 2.75) is 6.61 Å². The van der Waals surface area contributed by atoms with E-state index in [2.05, 4.69) is 15.5 Å². The predicted octanol–water partition coefficient (Wildman–Crippen LogP) is 4.34. The third kappa shape index (κ3) is 5.42. The first-order chi connectivity index (χ1) is 15.7. The molecule has 0 saturated carbocycles. The normalized spacial score (nSPS) is 10.4. The van der Waals surface area contributed by atoms with Crippen LogP contribution in [-0.4, -0.2) is 29.8 Å². The predicted molar refractivity (Wildman–Crippen MR) is 118 cm³/mol. The molecule has 0 aliphatic rings. The molecule has 0 aliphatic carbocycles. The van der Waals surface area contributed by atoms with Gasteiger partial charge in [-0.05, 0) is 48.5 Å². The smallest absolute Gasteiger partial charge is 0.264 e. The lowest BCUT2D eigenvalue weighted by atomic mass is 10.2. The number of hydrogen-bond acceptors (Lipinski definition) is 7. The molecule has 0 atom stereocenters. The van der Waals surface area contributed by atoms with Gasteiger partial charge in [-0.3, -0.25) is 4.79 Å². The quantitative estimate of drug-likeness (QED) is 0.421. The van der Waals surface area contributed by atoms with Crippen molar-refractivity contribution in [3.63, 3.8) is 0 Å². The molecule has 8 nitrogen and oxygen atoms in total. The number of hydrogen-bond donors (Lipinski definition) is 1. The van der Waals surface area contributed by atoms with Gasteiger partial charge in [-0.2, -0.15) is 4.98 Å². The number of para-hydroxylation sites is 2. The Morgan fingerprint density at radius 2 is 1.66 bits per heavy atom. The summed E-state index contributed by atoms with van der Waals surface area (Å²) in [6, 6.07) is 23.6. The van der Waals surface area contributed by atoms with Gasteiger partial charge < -0.3 is 24.1 Å². The number of benzene rings is 3. The standard InChI is InChI=1S/C24H21N3O5/c1-29-18-13-11-17(12-14-18)25-22(28)15-31-21-10-6-5-9-20(21)24-26-23(32-27-24)16-30-19-7-3-2-4-8-19/h2-14H,15-16H2,1H3,(H,25,28). The maximum absolute atomic E-state index is 12.3. The van der Waals surface area contributed by atoms with Gasteiger partial charge in [0.15, 0.2) is 13.2 Å². The van der Waals surface area contributed by atoms with Gasteiger partial charge >= 0.3 is 0 Å². The SMILES string of the molecule is COc1ccc(NC(=O)COc2ccccc2-c2noc(COc3ccccc3)n2)cc1. The Hall–Kier alpha value is -4.33. The summed E-state index contributed by atoms with van der Waals surface area (Å²) in [6.07, 6.45) is 0. The van der Waals surface area contributed by atoms with Crippen molar-refractivity contribution in [2.24, 2.45) is 0 Å². The minimum Gasteiger partial charge on any atom is -0.497 e. The second kappa shape index (κ2) is 10.1. The number of anilines is 1. The minimum atomic E-state index is -0.296. The zero-order valence-corrected chi connectivity index (χ0v) is 17.4. The summed E-state index contributed by atoms with van der Waals surface area (Å²) in [7, 11) is 1.59. The Morgan fingerprint density at radius 3 is 2.44 bits per heavy atom. The first-order valence-electron chi connectivity index (χ1n) is 9.88. The highest BCUT2D eigenvalue weighted by atomic mass is 16.5. The molecule has 162 valence electrons. The average molecular weight is 431 g/mol. The molecule has 0 spiro atoms. The highest BCUT2D eigenvalue weighted by molar-refractivity contribution is 5.92. The fourth-order valence-corrected chi connectivity index (χ4v) is 2.88. The molecule has 0 radical (unpaired) electrons. The van der Waals surface area contributed by atoms with Crippen LogP contribution in [0, 0.1) is 0 Å². The highest BCUT2D eigenvalue weighted by Gasteiger charge is 2.15. The molecule has 0 saturated heterocycles. The number of amides is 1. The lowest BCUT2D eigenvalue weighted by molar-refractivity contribution is -0.118. The fourth-order valence-electron chi connectivity index (χ4n) is 2.88. The van der Waals surface area contributed by atoms with Gasteiger partial charge in [0.2, 0.25) is 5.82 Å². The number of methoxy groups -OCH3 is 1. The Bertz CT molecular complexity index is 1160. The molecular weight excluding hydrogens is 410 g/mol. The van der Waals surface area contributed by atoms with E-state index < -0.39 is 0 Å². The molecule has 0 unspecified atom stereocenters. The van der Waals surface area contributed by atoms with Crippen molar-refractivity contribution in [2.75, 3.05) is 19.0 Å². The lowest BCUT2D eigenvalue weighted by Gasteiger charge is -2.10. The molecule has 4 rings (SSSR count). The van der Waals surface area contributed by atoms with E-state index in [1.54, 1.807) is 49.6 Å². The van der Waals surface area contributed by atoms with Crippen LogP contribution >= 0.6 is 0 Å². The molecule has 3 aromatic carbocycles. The summed E-state index contributed by atoms with van der Waals surface area (Å²) in [6.45, 7) is -0.0326. The minimum absolute atomic E-state index is 0.143. The molecule has 0 bridgehead atoms. The second-order valence-corrected chi connectivity index (χ2v) is 6.67. The number of nitrogens with one attached hydrogen (secondary N) is 1. The van der Waals surface area contributed by atoms with Gasteiger partial charge in [0, 0.05) is 5.69 Å². The molecule has 1 heterocycles. The first-order valence-corrected chi connectivity index (χ1v) is 9.88.